The Labute approximate surface area is 131 Å². The first-order valence-corrected chi connectivity index (χ1v) is 7.56. The molecule has 2 heterocycles. The van der Waals surface area contributed by atoms with E-state index in [9.17, 15) is 14.5 Å². The molecular weight excluding hydrogens is 317 g/mol. The minimum Gasteiger partial charge on any atom is -0.319 e. The third kappa shape index (κ3) is 3.44. The first-order valence-electron chi connectivity index (χ1n) is 6.69. The summed E-state index contributed by atoms with van der Waals surface area (Å²) < 4.78 is 2.00. The van der Waals surface area contributed by atoms with Crippen molar-refractivity contribution in [2.45, 2.75) is 43.2 Å². The lowest BCUT2D eigenvalue weighted by atomic mass is 10.0. The Morgan fingerprint density at radius 2 is 2.14 bits per heavy atom. The molecule has 1 aromatic rings. The molecule has 0 aliphatic carbocycles. The van der Waals surface area contributed by atoms with E-state index < -0.39 is 22.8 Å². The van der Waals surface area contributed by atoms with Crippen molar-refractivity contribution in [3.63, 3.8) is 0 Å². The van der Waals surface area contributed by atoms with Crippen LogP contribution < -0.4 is 10.9 Å². The number of aryl methyl sites for hydroxylation is 1. The van der Waals surface area contributed by atoms with E-state index in [4.69, 9.17) is 23.2 Å². The Kier molecular flexibility index (Phi) is 5.00. The first-order chi connectivity index (χ1) is 9.93. The number of hydrogen-bond donors (Lipinski definition) is 1. The van der Waals surface area contributed by atoms with Gasteiger partial charge in [0.25, 0.3) is 23.0 Å². The molecule has 1 N–H and O–H groups in total. The zero-order valence-corrected chi connectivity index (χ0v) is 13.0. The highest BCUT2D eigenvalue weighted by atomic mass is 35.5. The van der Waals surface area contributed by atoms with Gasteiger partial charge in [0.15, 0.2) is 0 Å². The van der Waals surface area contributed by atoms with Crippen LogP contribution in [-0.4, -0.2) is 32.2 Å². The Morgan fingerprint density at radius 1 is 1.43 bits per heavy atom. The third-order valence-corrected chi connectivity index (χ3v) is 4.54. The normalized spacial score (nSPS) is 25.7. The summed E-state index contributed by atoms with van der Waals surface area (Å²) in [6.45, 7) is 2.32. The van der Waals surface area contributed by atoms with E-state index in [0.29, 0.717) is 29.8 Å². The van der Waals surface area contributed by atoms with E-state index in [0.717, 1.165) is 0 Å². The molecule has 8 heteroatoms. The molecule has 2 rings (SSSR count). The number of anilines is 1. The van der Waals surface area contributed by atoms with E-state index in [2.05, 4.69) is 5.32 Å². The van der Waals surface area contributed by atoms with Crippen molar-refractivity contribution < 1.29 is 9.55 Å². The Balaban J connectivity index is 2.11. The second-order valence-corrected chi connectivity index (χ2v) is 5.88. The number of pyridine rings is 1. The summed E-state index contributed by atoms with van der Waals surface area (Å²) in [6.07, 6.45) is 2.39. The van der Waals surface area contributed by atoms with Gasteiger partial charge in [-0.1, -0.05) is 0 Å². The maximum absolute atomic E-state index is 12.2. The molecule has 0 aromatic carbocycles. The number of amides is 1. The molecule has 1 amide bonds. The molecule has 114 valence electrons. The van der Waals surface area contributed by atoms with Gasteiger partial charge in [0.2, 0.25) is 0 Å². The molecule has 3 unspecified atom stereocenters. The number of nitroso groups, excluding NO2 is 1. The average Bonchev–Trinajstić information content (AvgIpc) is 2.46. The highest BCUT2D eigenvalue weighted by molar-refractivity contribution is 6.29. The first kappa shape index (κ1) is 16.0. The summed E-state index contributed by atoms with van der Waals surface area (Å²) in [4.78, 5) is 35.6. The predicted octanol–water partition coefficient (Wildman–Crippen LogP) is 1.92. The fourth-order valence-corrected chi connectivity index (χ4v) is 2.74. The summed E-state index contributed by atoms with van der Waals surface area (Å²) in [5.41, 5.74) is -0.598. The number of carbonyl (C=O) groups excluding carboxylic acids is 1. The SMILES string of the molecule is CCn1cc(NC(=O)C2CCC(Cl)C(Cl)[N+]2=O)ccc1=O. The predicted molar refractivity (Wildman–Crippen MR) is 80.9 cm³/mol. The molecule has 21 heavy (non-hydrogen) atoms. The lowest BCUT2D eigenvalue weighted by Gasteiger charge is -2.20. The number of carbonyl (C=O) groups is 1. The third-order valence-electron chi connectivity index (χ3n) is 3.46. The summed E-state index contributed by atoms with van der Waals surface area (Å²) in [5.74, 6) is -0.444. The average molecular weight is 333 g/mol. The van der Waals surface area contributed by atoms with Crippen LogP contribution in [0, 0.1) is 4.91 Å². The van der Waals surface area contributed by atoms with Crippen molar-refractivity contribution in [1.29, 1.82) is 0 Å². The van der Waals surface area contributed by atoms with Crippen LogP contribution in [-0.2, 0) is 11.3 Å². The molecule has 3 atom stereocenters. The van der Waals surface area contributed by atoms with Gasteiger partial charge in [0.05, 0.1) is 5.69 Å². The summed E-state index contributed by atoms with van der Waals surface area (Å²) in [6, 6.07) is 2.01. The lowest BCUT2D eigenvalue weighted by Crippen LogP contribution is -2.47. The van der Waals surface area contributed by atoms with Crippen LogP contribution in [0.5, 0.6) is 0 Å². The smallest absolute Gasteiger partial charge is 0.297 e. The van der Waals surface area contributed by atoms with Crippen LogP contribution in [0.4, 0.5) is 5.69 Å². The number of aromatic nitrogens is 1. The van der Waals surface area contributed by atoms with Crippen LogP contribution in [0.2, 0.25) is 0 Å². The molecule has 0 spiro atoms. The fourth-order valence-electron chi connectivity index (χ4n) is 2.24. The minimum absolute atomic E-state index is 0.149. The number of nitrogens with zero attached hydrogens (tertiary/aromatic N) is 2. The molecule has 6 nitrogen and oxygen atoms in total. The maximum atomic E-state index is 12.2. The highest BCUT2D eigenvalue weighted by Crippen LogP contribution is 2.26. The van der Waals surface area contributed by atoms with Crippen LogP contribution >= 0.6 is 23.2 Å². The van der Waals surface area contributed by atoms with Gasteiger partial charge in [-0.2, -0.15) is 0 Å². The quantitative estimate of drug-likeness (QED) is 0.522. The zero-order chi connectivity index (χ0) is 15.6. The van der Waals surface area contributed by atoms with Gasteiger partial charge >= 0.3 is 0 Å². The monoisotopic (exact) mass is 332 g/mol. The molecule has 1 aliphatic rings. The van der Waals surface area contributed by atoms with Gasteiger partial charge in [-0.25, -0.2) is 0 Å². The van der Waals surface area contributed by atoms with E-state index >= 15 is 0 Å². The molecule has 0 saturated carbocycles. The van der Waals surface area contributed by atoms with Crippen LogP contribution in [0.15, 0.2) is 23.1 Å². The van der Waals surface area contributed by atoms with Gasteiger partial charge in [0.1, 0.15) is 5.38 Å². The Hall–Kier alpha value is -1.40. The number of alkyl halides is 2. The Bertz CT molecular complexity index is 617. The highest BCUT2D eigenvalue weighted by Gasteiger charge is 2.46. The van der Waals surface area contributed by atoms with Crippen molar-refractivity contribution >= 4 is 34.8 Å². The van der Waals surface area contributed by atoms with E-state index in [1.54, 1.807) is 6.20 Å². The largest absolute Gasteiger partial charge is 0.319 e. The van der Waals surface area contributed by atoms with Crippen molar-refractivity contribution in [2.75, 3.05) is 5.32 Å². The maximum Gasteiger partial charge on any atom is 0.297 e. The van der Waals surface area contributed by atoms with Crippen molar-refractivity contribution in [1.82, 2.24) is 4.57 Å². The molecule has 1 aliphatic heterocycles. The minimum atomic E-state index is -0.916. The van der Waals surface area contributed by atoms with Crippen molar-refractivity contribution in [3.05, 3.63) is 33.6 Å². The van der Waals surface area contributed by atoms with Crippen molar-refractivity contribution in [3.8, 4) is 0 Å². The van der Waals surface area contributed by atoms with E-state index in [-0.39, 0.29) is 5.56 Å². The number of rotatable bonds is 3. The van der Waals surface area contributed by atoms with Crippen molar-refractivity contribution in [2.24, 2.45) is 0 Å². The van der Waals surface area contributed by atoms with Crippen LogP contribution in [0.25, 0.3) is 0 Å². The van der Waals surface area contributed by atoms with Gasteiger partial charge in [-0.3, -0.25) is 9.59 Å². The number of piperidine rings is 1. The molecule has 0 radical (unpaired) electrons. The summed E-state index contributed by atoms with van der Waals surface area (Å²) in [7, 11) is 0. The number of hydrogen-bond acceptors (Lipinski definition) is 3. The summed E-state index contributed by atoms with van der Waals surface area (Å²) in [5, 5.41) is 2.17. The standard InChI is InChI=1S/C13H15Cl2N3O3/c1-2-17-7-8(3-6-11(17)19)16-13(20)10-5-4-9(14)12(15)18(10)21/h3,6-7,9-10,12H,2,4-5H2,1H3/p+1. The van der Waals surface area contributed by atoms with Gasteiger partial charge in [-0.05, 0) is 31.0 Å². The van der Waals surface area contributed by atoms with Crippen LogP contribution in [0.3, 0.4) is 0 Å². The van der Waals surface area contributed by atoms with Gasteiger partial charge in [-0.15, -0.1) is 11.6 Å². The van der Waals surface area contributed by atoms with Crippen LogP contribution in [0.1, 0.15) is 19.8 Å². The zero-order valence-electron chi connectivity index (χ0n) is 11.5. The molecule has 0 bridgehead atoms. The van der Waals surface area contributed by atoms with Gasteiger partial charge < -0.3 is 9.88 Å². The van der Waals surface area contributed by atoms with Gasteiger partial charge in [0, 0.05) is 34.9 Å². The molecule has 1 fully saturated rings. The second-order valence-electron chi connectivity index (χ2n) is 4.87. The molecular formula is C13H16Cl2N3O3+. The molecule has 1 aromatic heterocycles. The lowest BCUT2D eigenvalue weighted by molar-refractivity contribution is -0.596. The number of nitrogens with one attached hydrogen (secondary N) is 1. The van der Waals surface area contributed by atoms with E-state index in [1.165, 1.54) is 16.7 Å². The topological polar surface area (TPSA) is 71.2 Å². The Morgan fingerprint density at radius 3 is 2.81 bits per heavy atom. The number of halogens is 2. The summed E-state index contributed by atoms with van der Waals surface area (Å²) >= 11 is 11.8. The fraction of sp³-hybridized carbons (Fsp3) is 0.538. The van der Waals surface area contributed by atoms with E-state index in [1.807, 2.05) is 6.92 Å². The second kappa shape index (κ2) is 6.58. The molecule has 1 saturated heterocycles.